The molecule has 0 aromatic carbocycles. The lowest BCUT2D eigenvalue weighted by atomic mass is 10.3. The van der Waals surface area contributed by atoms with Gasteiger partial charge in [-0.1, -0.05) is 6.92 Å². The lowest BCUT2D eigenvalue weighted by Gasteiger charge is -2.19. The Morgan fingerprint density at radius 1 is 1.27 bits per heavy atom. The zero-order chi connectivity index (χ0) is 17.0. The molecule has 0 aliphatic carbocycles. The minimum absolute atomic E-state index is 0.132. The third kappa shape index (κ3) is 10.7. The van der Waals surface area contributed by atoms with Gasteiger partial charge in [-0.3, -0.25) is 18.6 Å². The number of rotatable bonds is 13. The smallest absolute Gasteiger partial charge is 0.464 e. The van der Waals surface area contributed by atoms with Gasteiger partial charge in [0.2, 0.25) is 0 Å². The van der Waals surface area contributed by atoms with Gasteiger partial charge in [0, 0.05) is 6.42 Å². The van der Waals surface area contributed by atoms with E-state index in [1.807, 2.05) is 0 Å². The van der Waals surface area contributed by atoms with Gasteiger partial charge in [-0.25, -0.2) is 4.57 Å². The monoisotopic (exact) mass is 344 g/mol. The summed E-state index contributed by atoms with van der Waals surface area (Å²) < 4.78 is 29.8. The molecular formula is C11H21O10P. The maximum Gasteiger partial charge on any atom is 0.472 e. The summed E-state index contributed by atoms with van der Waals surface area (Å²) in [4.78, 5) is 30.8. The molecule has 0 spiro atoms. The minimum Gasteiger partial charge on any atom is -0.464 e. The Hall–Kier alpha value is -1.03. The van der Waals surface area contributed by atoms with E-state index in [0.29, 0.717) is 6.42 Å². The quantitative estimate of drug-likeness (QED) is 0.224. The summed E-state index contributed by atoms with van der Waals surface area (Å²) in [5, 5.41) is 17.5. The molecule has 10 nitrogen and oxygen atoms in total. The second-order valence-corrected chi connectivity index (χ2v) is 5.64. The predicted molar refractivity (Wildman–Crippen MR) is 71.6 cm³/mol. The van der Waals surface area contributed by atoms with E-state index in [1.165, 1.54) is 0 Å². The summed E-state index contributed by atoms with van der Waals surface area (Å²) in [6, 6.07) is 0. The molecule has 11 heteroatoms. The molecule has 22 heavy (non-hydrogen) atoms. The highest BCUT2D eigenvalue weighted by atomic mass is 31.2. The highest BCUT2D eigenvalue weighted by molar-refractivity contribution is 7.47. The maximum atomic E-state index is 11.5. The van der Waals surface area contributed by atoms with Crippen molar-refractivity contribution in [3.63, 3.8) is 0 Å². The van der Waals surface area contributed by atoms with Crippen LogP contribution in [0.2, 0.25) is 0 Å². The first-order valence-corrected chi connectivity index (χ1v) is 7.99. The van der Waals surface area contributed by atoms with Gasteiger partial charge >= 0.3 is 13.8 Å². The van der Waals surface area contributed by atoms with Crippen molar-refractivity contribution in [2.24, 2.45) is 0 Å². The van der Waals surface area contributed by atoms with Crippen molar-refractivity contribution in [2.75, 3.05) is 26.4 Å². The first kappa shape index (κ1) is 21.0. The normalized spacial score (nSPS) is 16.4. The summed E-state index contributed by atoms with van der Waals surface area (Å²) >= 11 is 0. The van der Waals surface area contributed by atoms with Gasteiger partial charge in [-0.2, -0.15) is 0 Å². The Morgan fingerprint density at radius 2 is 1.91 bits per heavy atom. The first-order valence-electron chi connectivity index (χ1n) is 6.50. The number of ether oxygens (including phenoxy) is 2. The summed E-state index contributed by atoms with van der Waals surface area (Å²) in [7, 11) is -4.51. The van der Waals surface area contributed by atoms with E-state index in [2.05, 4.69) is 13.8 Å². The molecule has 0 fully saturated rings. The van der Waals surface area contributed by atoms with E-state index in [0.717, 1.165) is 0 Å². The SMILES string of the molecule is CCCC(=O)O[C@H](COC=O)COP(=O)(O)OC[C@@H](O)CO. The van der Waals surface area contributed by atoms with Crippen LogP contribution >= 0.6 is 7.82 Å². The number of hydrogen-bond donors (Lipinski definition) is 3. The van der Waals surface area contributed by atoms with E-state index in [9.17, 15) is 19.0 Å². The molecule has 0 radical (unpaired) electrons. The van der Waals surface area contributed by atoms with Crippen molar-refractivity contribution in [1.29, 1.82) is 0 Å². The Kier molecular flexibility index (Phi) is 11.0. The van der Waals surface area contributed by atoms with Crippen LogP contribution < -0.4 is 0 Å². The lowest BCUT2D eigenvalue weighted by molar-refractivity contribution is -0.156. The van der Waals surface area contributed by atoms with E-state index < -0.39 is 45.8 Å². The van der Waals surface area contributed by atoms with Gasteiger partial charge in [0.05, 0.1) is 19.8 Å². The molecule has 0 aromatic heterocycles. The van der Waals surface area contributed by atoms with Crippen molar-refractivity contribution >= 4 is 20.3 Å². The molecule has 3 atom stereocenters. The van der Waals surface area contributed by atoms with Crippen LogP contribution in [-0.2, 0) is 32.7 Å². The molecule has 0 saturated heterocycles. The lowest BCUT2D eigenvalue weighted by Crippen LogP contribution is -2.28. The molecule has 0 bridgehead atoms. The van der Waals surface area contributed by atoms with Gasteiger partial charge < -0.3 is 24.6 Å². The Labute approximate surface area is 127 Å². The number of phosphoric ester groups is 1. The van der Waals surface area contributed by atoms with E-state index in [-0.39, 0.29) is 19.5 Å². The molecule has 130 valence electrons. The van der Waals surface area contributed by atoms with Gasteiger partial charge in [0.25, 0.3) is 6.47 Å². The third-order valence-electron chi connectivity index (χ3n) is 2.17. The topological polar surface area (TPSA) is 149 Å². The summed E-state index contributed by atoms with van der Waals surface area (Å²) in [6.07, 6.45) is -1.73. The molecule has 0 aromatic rings. The number of esters is 1. The standard InChI is InChI=1S/C11H21O10P/c1-2-3-11(15)21-10(6-18-8-13)7-20-22(16,17)19-5-9(14)4-12/h8-10,12,14H,2-7H2,1H3,(H,16,17)/t9-,10+/m0/s1. The van der Waals surface area contributed by atoms with Crippen LogP contribution in [-0.4, -0.2) is 66.2 Å². The predicted octanol–water partition coefficient (Wildman–Crippen LogP) is -0.642. The summed E-state index contributed by atoms with van der Waals surface area (Å²) in [5.74, 6) is -0.574. The Balaban J connectivity index is 4.36. The van der Waals surface area contributed by atoms with Crippen molar-refractivity contribution in [3.05, 3.63) is 0 Å². The molecule has 0 rings (SSSR count). The molecule has 1 unspecified atom stereocenters. The van der Waals surface area contributed by atoms with Gasteiger partial charge in [-0.15, -0.1) is 0 Å². The van der Waals surface area contributed by atoms with Crippen LogP contribution in [0.4, 0.5) is 0 Å². The largest absolute Gasteiger partial charge is 0.472 e. The van der Waals surface area contributed by atoms with Crippen LogP contribution in [0.5, 0.6) is 0 Å². The Bertz CT molecular complexity index is 374. The molecule has 0 aliphatic rings. The average Bonchev–Trinajstić information content (AvgIpc) is 2.48. The number of aliphatic hydroxyl groups is 2. The maximum absolute atomic E-state index is 11.5. The third-order valence-corrected chi connectivity index (χ3v) is 3.12. The fourth-order valence-electron chi connectivity index (χ4n) is 1.16. The van der Waals surface area contributed by atoms with E-state index in [4.69, 9.17) is 14.9 Å². The number of phosphoric acid groups is 1. The van der Waals surface area contributed by atoms with Crippen LogP contribution in [0.15, 0.2) is 0 Å². The van der Waals surface area contributed by atoms with E-state index >= 15 is 0 Å². The van der Waals surface area contributed by atoms with Gasteiger partial charge in [0.1, 0.15) is 12.7 Å². The molecule has 0 heterocycles. The van der Waals surface area contributed by atoms with Gasteiger partial charge in [0.15, 0.2) is 6.10 Å². The second kappa shape index (κ2) is 11.5. The number of carbonyl (C=O) groups is 2. The van der Waals surface area contributed by atoms with E-state index in [1.54, 1.807) is 6.92 Å². The van der Waals surface area contributed by atoms with Crippen LogP contribution in [0.25, 0.3) is 0 Å². The molecule has 3 N–H and O–H groups in total. The highest BCUT2D eigenvalue weighted by Gasteiger charge is 2.26. The van der Waals surface area contributed by atoms with Crippen LogP contribution in [0, 0.1) is 0 Å². The highest BCUT2D eigenvalue weighted by Crippen LogP contribution is 2.43. The van der Waals surface area contributed by atoms with Gasteiger partial charge in [-0.05, 0) is 6.42 Å². The number of aliphatic hydroxyl groups excluding tert-OH is 2. The molecule has 0 aliphatic heterocycles. The summed E-state index contributed by atoms with van der Waals surface area (Å²) in [6.45, 7) is -0.269. The Morgan fingerprint density at radius 3 is 2.45 bits per heavy atom. The van der Waals surface area contributed by atoms with Crippen molar-refractivity contribution in [3.8, 4) is 0 Å². The molecule has 0 amide bonds. The zero-order valence-electron chi connectivity index (χ0n) is 12.1. The molecule has 0 saturated carbocycles. The summed E-state index contributed by atoms with van der Waals surface area (Å²) in [5.41, 5.74) is 0. The molecular weight excluding hydrogens is 323 g/mol. The van der Waals surface area contributed by atoms with Crippen LogP contribution in [0.1, 0.15) is 19.8 Å². The van der Waals surface area contributed by atoms with Crippen molar-refractivity contribution < 1.29 is 47.8 Å². The average molecular weight is 344 g/mol. The second-order valence-electron chi connectivity index (χ2n) is 4.19. The minimum atomic E-state index is -4.51. The van der Waals surface area contributed by atoms with Crippen LogP contribution in [0.3, 0.4) is 0 Å². The van der Waals surface area contributed by atoms with Crippen molar-refractivity contribution in [1.82, 2.24) is 0 Å². The number of hydrogen-bond acceptors (Lipinski definition) is 9. The van der Waals surface area contributed by atoms with Crippen molar-refractivity contribution in [2.45, 2.75) is 32.0 Å². The fourth-order valence-corrected chi connectivity index (χ4v) is 1.95. The first-order chi connectivity index (χ1) is 10.3. The number of carbonyl (C=O) groups excluding carboxylic acids is 2. The zero-order valence-corrected chi connectivity index (χ0v) is 13.0. The fraction of sp³-hybridized carbons (Fsp3) is 0.818.